The van der Waals surface area contributed by atoms with Gasteiger partial charge in [0.05, 0.1) is 0 Å². The average Bonchev–Trinajstić information content (AvgIpc) is 2.97. The van der Waals surface area contributed by atoms with Crippen LogP contribution >= 0.6 is 15.9 Å². The third-order valence-corrected chi connectivity index (χ3v) is 3.39. The first-order valence-electron chi connectivity index (χ1n) is 5.21. The molecule has 1 aliphatic carbocycles. The Bertz CT molecular complexity index is 307. The van der Waals surface area contributed by atoms with Crippen LogP contribution in [0.4, 0.5) is 0 Å². The summed E-state index contributed by atoms with van der Waals surface area (Å²) in [6.45, 7) is 1.10. The van der Waals surface area contributed by atoms with Gasteiger partial charge in [0, 0.05) is 11.0 Å². The van der Waals surface area contributed by atoms with Gasteiger partial charge >= 0.3 is 0 Å². The largest absolute Gasteiger partial charge is 0.319 e. The van der Waals surface area contributed by atoms with Crippen LogP contribution in [0.1, 0.15) is 24.3 Å². The summed E-state index contributed by atoms with van der Waals surface area (Å²) >= 11 is 3.53. The van der Waals surface area contributed by atoms with Gasteiger partial charge in [-0.25, -0.2) is 0 Å². The molecule has 1 unspecified atom stereocenters. The number of nitrogens with one attached hydrogen (secondary N) is 1. The molecule has 1 atom stereocenters. The van der Waals surface area contributed by atoms with Crippen molar-refractivity contribution in [1.29, 1.82) is 0 Å². The predicted molar refractivity (Wildman–Crippen MR) is 63.5 cm³/mol. The van der Waals surface area contributed by atoms with E-state index in [1.807, 2.05) is 7.05 Å². The molecule has 0 radical (unpaired) electrons. The van der Waals surface area contributed by atoms with Crippen LogP contribution in [0.15, 0.2) is 28.7 Å². The normalized spacial score (nSPS) is 18.1. The molecular formula is C12H16BrN. The van der Waals surface area contributed by atoms with Crippen molar-refractivity contribution in [3.8, 4) is 0 Å². The van der Waals surface area contributed by atoms with Crippen LogP contribution in [0.25, 0.3) is 0 Å². The molecule has 0 spiro atoms. The monoisotopic (exact) mass is 253 g/mol. The molecule has 1 aromatic carbocycles. The highest BCUT2D eigenvalue weighted by Crippen LogP contribution is 2.42. The topological polar surface area (TPSA) is 12.0 Å². The van der Waals surface area contributed by atoms with Gasteiger partial charge in [0.1, 0.15) is 0 Å². The molecule has 1 nitrogen and oxygen atoms in total. The lowest BCUT2D eigenvalue weighted by Crippen LogP contribution is -2.18. The molecular weight excluding hydrogens is 238 g/mol. The number of hydrogen-bond donors (Lipinski definition) is 1. The zero-order valence-corrected chi connectivity index (χ0v) is 10.0. The van der Waals surface area contributed by atoms with E-state index in [2.05, 4.69) is 45.5 Å². The summed E-state index contributed by atoms with van der Waals surface area (Å²) in [4.78, 5) is 0. The van der Waals surface area contributed by atoms with Gasteiger partial charge in [-0.3, -0.25) is 0 Å². The van der Waals surface area contributed by atoms with E-state index in [4.69, 9.17) is 0 Å². The summed E-state index contributed by atoms with van der Waals surface area (Å²) in [5.41, 5.74) is 1.47. The molecule has 0 saturated heterocycles. The van der Waals surface area contributed by atoms with Crippen LogP contribution in [0.2, 0.25) is 0 Å². The maximum atomic E-state index is 3.53. The van der Waals surface area contributed by atoms with Gasteiger partial charge in [0.25, 0.3) is 0 Å². The fraction of sp³-hybridized carbons (Fsp3) is 0.500. The Hall–Kier alpha value is -0.340. The fourth-order valence-electron chi connectivity index (χ4n) is 2.01. The van der Waals surface area contributed by atoms with Crippen molar-refractivity contribution in [2.45, 2.75) is 18.8 Å². The predicted octanol–water partition coefficient (Wildman–Crippen LogP) is 3.16. The van der Waals surface area contributed by atoms with E-state index in [1.165, 1.54) is 22.9 Å². The van der Waals surface area contributed by atoms with E-state index < -0.39 is 0 Å². The van der Waals surface area contributed by atoms with E-state index in [0.717, 1.165) is 12.5 Å². The number of benzene rings is 1. The molecule has 0 amide bonds. The molecule has 1 aliphatic rings. The first-order valence-corrected chi connectivity index (χ1v) is 6.00. The van der Waals surface area contributed by atoms with E-state index >= 15 is 0 Å². The highest BCUT2D eigenvalue weighted by atomic mass is 79.9. The molecule has 1 aromatic rings. The third-order valence-electron chi connectivity index (χ3n) is 2.89. The van der Waals surface area contributed by atoms with Crippen molar-refractivity contribution in [2.24, 2.45) is 5.92 Å². The van der Waals surface area contributed by atoms with Crippen LogP contribution < -0.4 is 5.32 Å². The Labute approximate surface area is 94.0 Å². The second kappa shape index (κ2) is 4.45. The molecule has 2 rings (SSSR count). The quantitative estimate of drug-likeness (QED) is 0.870. The van der Waals surface area contributed by atoms with Crippen molar-refractivity contribution < 1.29 is 0 Å². The van der Waals surface area contributed by atoms with Crippen LogP contribution in [0.3, 0.4) is 0 Å². The first kappa shape index (κ1) is 10.2. The minimum Gasteiger partial charge on any atom is -0.319 e. The van der Waals surface area contributed by atoms with Gasteiger partial charge in [-0.15, -0.1) is 0 Å². The SMILES string of the molecule is CNCC(c1cccc(Br)c1)C1CC1. The minimum atomic E-state index is 0.706. The van der Waals surface area contributed by atoms with Crippen LogP contribution in [0.5, 0.6) is 0 Å². The highest BCUT2D eigenvalue weighted by molar-refractivity contribution is 9.10. The summed E-state index contributed by atoms with van der Waals surface area (Å²) in [5, 5.41) is 3.29. The summed E-state index contributed by atoms with van der Waals surface area (Å²) in [5.74, 6) is 1.62. The van der Waals surface area contributed by atoms with Crippen molar-refractivity contribution in [1.82, 2.24) is 5.32 Å². The smallest absolute Gasteiger partial charge is 0.0178 e. The molecule has 14 heavy (non-hydrogen) atoms. The van der Waals surface area contributed by atoms with Crippen molar-refractivity contribution in [2.75, 3.05) is 13.6 Å². The number of halogens is 1. The minimum absolute atomic E-state index is 0.706. The fourth-order valence-corrected chi connectivity index (χ4v) is 2.43. The van der Waals surface area contributed by atoms with Crippen molar-refractivity contribution in [3.05, 3.63) is 34.3 Å². The van der Waals surface area contributed by atoms with E-state index in [-0.39, 0.29) is 0 Å². The second-order valence-corrected chi connectivity index (χ2v) is 4.97. The molecule has 2 heteroatoms. The first-order chi connectivity index (χ1) is 6.81. The summed E-state index contributed by atoms with van der Waals surface area (Å²) < 4.78 is 1.19. The zero-order valence-electron chi connectivity index (χ0n) is 8.46. The maximum absolute atomic E-state index is 3.53. The van der Waals surface area contributed by atoms with Gasteiger partial charge < -0.3 is 5.32 Å². The van der Waals surface area contributed by atoms with Gasteiger partial charge in [0.2, 0.25) is 0 Å². The molecule has 0 heterocycles. The molecule has 1 saturated carbocycles. The van der Waals surface area contributed by atoms with Crippen LogP contribution in [-0.2, 0) is 0 Å². The van der Waals surface area contributed by atoms with Crippen LogP contribution in [-0.4, -0.2) is 13.6 Å². The Morgan fingerprint density at radius 3 is 2.86 bits per heavy atom. The van der Waals surface area contributed by atoms with Gasteiger partial charge in [-0.1, -0.05) is 28.1 Å². The molecule has 76 valence electrons. The molecule has 1 fully saturated rings. The number of likely N-dealkylation sites (N-methyl/N-ethyl adjacent to an activating group) is 1. The summed E-state index contributed by atoms with van der Waals surface area (Å²) in [7, 11) is 2.04. The number of hydrogen-bond acceptors (Lipinski definition) is 1. The number of rotatable bonds is 4. The lowest BCUT2D eigenvalue weighted by Gasteiger charge is -2.16. The van der Waals surface area contributed by atoms with Crippen molar-refractivity contribution in [3.63, 3.8) is 0 Å². The van der Waals surface area contributed by atoms with E-state index in [0.29, 0.717) is 5.92 Å². The van der Waals surface area contributed by atoms with Gasteiger partial charge in [0.15, 0.2) is 0 Å². The summed E-state index contributed by atoms with van der Waals surface area (Å²) in [6, 6.07) is 8.71. The highest BCUT2D eigenvalue weighted by Gasteiger charge is 2.31. The lowest BCUT2D eigenvalue weighted by molar-refractivity contribution is 0.566. The standard InChI is InChI=1S/C12H16BrN/c1-14-8-12(9-5-6-9)10-3-2-4-11(13)7-10/h2-4,7,9,12,14H,5-6,8H2,1H3. The Balaban J connectivity index is 2.16. The molecule has 1 N–H and O–H groups in total. The zero-order chi connectivity index (χ0) is 9.97. The average molecular weight is 254 g/mol. The maximum Gasteiger partial charge on any atom is 0.0178 e. The Morgan fingerprint density at radius 1 is 1.50 bits per heavy atom. The Morgan fingerprint density at radius 2 is 2.29 bits per heavy atom. The van der Waals surface area contributed by atoms with Crippen molar-refractivity contribution >= 4 is 15.9 Å². The molecule has 0 bridgehead atoms. The Kier molecular flexibility index (Phi) is 3.24. The second-order valence-electron chi connectivity index (χ2n) is 4.06. The van der Waals surface area contributed by atoms with Gasteiger partial charge in [-0.2, -0.15) is 0 Å². The summed E-state index contributed by atoms with van der Waals surface area (Å²) in [6.07, 6.45) is 2.80. The van der Waals surface area contributed by atoms with E-state index in [9.17, 15) is 0 Å². The van der Waals surface area contributed by atoms with Crippen LogP contribution in [0, 0.1) is 5.92 Å². The van der Waals surface area contributed by atoms with Gasteiger partial charge in [-0.05, 0) is 49.4 Å². The lowest BCUT2D eigenvalue weighted by atomic mass is 9.94. The third kappa shape index (κ3) is 2.37. The molecule has 0 aliphatic heterocycles. The molecule has 0 aromatic heterocycles. The van der Waals surface area contributed by atoms with E-state index in [1.54, 1.807) is 0 Å².